The van der Waals surface area contributed by atoms with Gasteiger partial charge in [-0.25, -0.2) is 14.4 Å². The Hall–Kier alpha value is -3.65. The number of carbonyl (C=O) groups is 4. The number of ether oxygens (including phenoxy) is 2. The summed E-state index contributed by atoms with van der Waals surface area (Å²) in [5.41, 5.74) is 0.0394. The van der Waals surface area contributed by atoms with Crippen LogP contribution in [0.4, 0.5) is 10.5 Å². The SMILES string of the molecule is Cc1ccc(N2CCN(CCNCC(=O)N3CCC4OC(=O)C(=O)O[C@@]43C#N)C2=O)cc1. The molecule has 1 aromatic carbocycles. The number of hydrogen-bond acceptors (Lipinski definition) is 8. The van der Waals surface area contributed by atoms with E-state index in [1.807, 2.05) is 37.3 Å². The van der Waals surface area contributed by atoms with E-state index in [2.05, 4.69) is 5.32 Å². The van der Waals surface area contributed by atoms with E-state index in [0.717, 1.165) is 16.2 Å². The number of amides is 3. The summed E-state index contributed by atoms with van der Waals surface area (Å²) in [6, 6.07) is 9.48. The number of nitrogens with one attached hydrogen (secondary N) is 1. The van der Waals surface area contributed by atoms with Crippen molar-refractivity contribution in [2.75, 3.05) is 44.2 Å². The molecule has 3 aliphatic heterocycles. The van der Waals surface area contributed by atoms with E-state index in [0.29, 0.717) is 26.2 Å². The van der Waals surface area contributed by atoms with Crippen LogP contribution in [0.15, 0.2) is 24.3 Å². The average molecular weight is 441 g/mol. The number of benzene rings is 1. The lowest BCUT2D eigenvalue weighted by Crippen LogP contribution is -2.61. The van der Waals surface area contributed by atoms with Crippen molar-refractivity contribution in [2.24, 2.45) is 0 Å². The highest BCUT2D eigenvalue weighted by molar-refractivity contribution is 6.30. The quantitative estimate of drug-likeness (QED) is 0.363. The van der Waals surface area contributed by atoms with Gasteiger partial charge < -0.3 is 19.7 Å². The van der Waals surface area contributed by atoms with Crippen LogP contribution in [0, 0.1) is 18.3 Å². The zero-order chi connectivity index (χ0) is 22.9. The van der Waals surface area contributed by atoms with E-state index >= 15 is 0 Å². The van der Waals surface area contributed by atoms with Crippen molar-refractivity contribution in [2.45, 2.75) is 25.2 Å². The molecule has 3 fully saturated rings. The molecule has 3 saturated heterocycles. The Balaban J connectivity index is 1.27. The van der Waals surface area contributed by atoms with Gasteiger partial charge in [-0.05, 0) is 19.1 Å². The van der Waals surface area contributed by atoms with Crippen LogP contribution < -0.4 is 10.2 Å². The number of nitriles is 1. The van der Waals surface area contributed by atoms with E-state index in [-0.39, 0.29) is 25.5 Å². The molecule has 3 aliphatic rings. The van der Waals surface area contributed by atoms with Gasteiger partial charge in [-0.1, -0.05) is 17.7 Å². The van der Waals surface area contributed by atoms with E-state index < -0.39 is 29.7 Å². The van der Waals surface area contributed by atoms with Gasteiger partial charge in [-0.2, -0.15) is 5.26 Å². The summed E-state index contributed by atoms with van der Waals surface area (Å²) in [4.78, 5) is 52.9. The maximum atomic E-state index is 12.7. The third kappa shape index (κ3) is 3.73. The van der Waals surface area contributed by atoms with E-state index in [9.17, 15) is 24.4 Å². The second-order valence-electron chi connectivity index (χ2n) is 7.86. The van der Waals surface area contributed by atoms with Crippen molar-refractivity contribution < 1.29 is 28.7 Å². The third-order valence-corrected chi connectivity index (χ3v) is 5.85. The fourth-order valence-corrected chi connectivity index (χ4v) is 4.13. The van der Waals surface area contributed by atoms with Gasteiger partial charge in [-0.15, -0.1) is 0 Å². The van der Waals surface area contributed by atoms with Gasteiger partial charge in [0.2, 0.25) is 5.91 Å². The Morgan fingerprint density at radius 2 is 1.94 bits per heavy atom. The second kappa shape index (κ2) is 8.47. The van der Waals surface area contributed by atoms with Crippen LogP contribution in [0.5, 0.6) is 0 Å². The summed E-state index contributed by atoms with van der Waals surface area (Å²) in [6.45, 7) is 3.93. The summed E-state index contributed by atoms with van der Waals surface area (Å²) in [5, 5.41) is 12.5. The van der Waals surface area contributed by atoms with Crippen molar-refractivity contribution in [3.63, 3.8) is 0 Å². The zero-order valence-corrected chi connectivity index (χ0v) is 17.6. The maximum absolute atomic E-state index is 12.7. The van der Waals surface area contributed by atoms with Gasteiger partial charge in [0.15, 0.2) is 6.10 Å². The lowest BCUT2D eigenvalue weighted by Gasteiger charge is -2.37. The highest BCUT2D eigenvalue weighted by Crippen LogP contribution is 2.36. The molecule has 3 amide bonds. The highest BCUT2D eigenvalue weighted by Gasteiger charge is 2.61. The van der Waals surface area contributed by atoms with E-state index in [1.165, 1.54) is 0 Å². The Kier molecular flexibility index (Phi) is 5.71. The molecule has 0 saturated carbocycles. The number of fused-ring (bicyclic) bond motifs is 1. The van der Waals surface area contributed by atoms with E-state index in [1.54, 1.807) is 9.80 Å². The van der Waals surface area contributed by atoms with Crippen LogP contribution in [0.1, 0.15) is 12.0 Å². The predicted molar refractivity (Wildman–Crippen MR) is 109 cm³/mol. The van der Waals surface area contributed by atoms with Crippen LogP contribution >= 0.6 is 0 Å². The summed E-state index contributed by atoms with van der Waals surface area (Å²) in [7, 11) is 0. The predicted octanol–water partition coefficient (Wildman–Crippen LogP) is -0.253. The third-order valence-electron chi connectivity index (χ3n) is 5.85. The van der Waals surface area contributed by atoms with Gasteiger partial charge in [0, 0.05) is 44.8 Å². The Morgan fingerprint density at radius 3 is 2.66 bits per heavy atom. The first kappa shape index (κ1) is 21.6. The number of carbonyl (C=O) groups excluding carboxylic acids is 4. The molecule has 168 valence electrons. The van der Waals surface area contributed by atoms with Gasteiger partial charge in [0.05, 0.1) is 6.54 Å². The number of urea groups is 1. The zero-order valence-electron chi connectivity index (χ0n) is 17.6. The fourth-order valence-electron chi connectivity index (χ4n) is 4.13. The summed E-state index contributed by atoms with van der Waals surface area (Å²) in [5.74, 6) is -2.92. The fraction of sp³-hybridized carbons (Fsp3) is 0.476. The van der Waals surface area contributed by atoms with Crippen LogP contribution in [-0.4, -0.2) is 84.8 Å². The standard InChI is InChI=1S/C21H23N5O6/c1-14-2-4-15(5-3-14)25-11-10-24(20(25)30)9-7-23-12-17(27)26-8-6-16-21(26,13-22)32-19(29)18(28)31-16/h2-5,16,23H,6-12H2,1H3/t16?,21-/m0/s1. The molecular weight excluding hydrogens is 418 g/mol. The monoisotopic (exact) mass is 441 g/mol. The molecule has 11 nitrogen and oxygen atoms in total. The molecule has 4 rings (SSSR count). The van der Waals surface area contributed by atoms with Crippen molar-refractivity contribution in [1.29, 1.82) is 5.26 Å². The molecule has 3 heterocycles. The molecule has 1 unspecified atom stereocenters. The second-order valence-corrected chi connectivity index (χ2v) is 7.86. The summed E-state index contributed by atoms with van der Waals surface area (Å²) >= 11 is 0. The molecule has 2 atom stereocenters. The number of likely N-dealkylation sites (tertiary alicyclic amines) is 1. The van der Waals surface area contributed by atoms with Gasteiger partial charge in [0.25, 0.3) is 0 Å². The topological polar surface area (TPSA) is 132 Å². The molecule has 1 N–H and O–H groups in total. The van der Waals surface area contributed by atoms with Gasteiger partial charge >= 0.3 is 23.7 Å². The minimum absolute atomic E-state index is 0.0938. The molecule has 0 aromatic heterocycles. The van der Waals surface area contributed by atoms with Crippen molar-refractivity contribution in [1.82, 2.24) is 15.1 Å². The highest BCUT2D eigenvalue weighted by atomic mass is 16.7. The summed E-state index contributed by atoms with van der Waals surface area (Å²) in [6.07, 6.45) is -0.799. The van der Waals surface area contributed by atoms with Gasteiger partial charge in [0.1, 0.15) is 6.07 Å². The minimum atomic E-state index is -1.93. The van der Waals surface area contributed by atoms with Crippen LogP contribution in [0.3, 0.4) is 0 Å². The lowest BCUT2D eigenvalue weighted by atomic mass is 10.1. The van der Waals surface area contributed by atoms with Crippen molar-refractivity contribution in [3.05, 3.63) is 29.8 Å². The number of rotatable bonds is 6. The lowest BCUT2D eigenvalue weighted by molar-refractivity contribution is -0.217. The molecule has 32 heavy (non-hydrogen) atoms. The smallest absolute Gasteiger partial charge is 0.420 e. The Morgan fingerprint density at radius 1 is 1.19 bits per heavy atom. The largest absolute Gasteiger partial charge is 0.446 e. The average Bonchev–Trinajstić information content (AvgIpc) is 3.33. The van der Waals surface area contributed by atoms with Crippen molar-refractivity contribution in [3.8, 4) is 6.07 Å². The molecular formula is C21H23N5O6. The first-order valence-corrected chi connectivity index (χ1v) is 10.4. The first-order chi connectivity index (χ1) is 15.4. The number of esters is 2. The van der Waals surface area contributed by atoms with Crippen LogP contribution in [0.2, 0.25) is 0 Å². The number of hydrogen-bond donors (Lipinski definition) is 1. The molecule has 0 spiro atoms. The molecule has 0 radical (unpaired) electrons. The van der Waals surface area contributed by atoms with Gasteiger partial charge in [-0.3, -0.25) is 14.6 Å². The minimum Gasteiger partial charge on any atom is -0.446 e. The molecule has 1 aromatic rings. The Labute approximate surface area is 184 Å². The normalized spacial score (nSPS) is 24.8. The summed E-state index contributed by atoms with van der Waals surface area (Å²) < 4.78 is 9.96. The van der Waals surface area contributed by atoms with Crippen LogP contribution in [-0.2, 0) is 23.9 Å². The number of aryl methyl sites for hydroxylation is 1. The number of anilines is 1. The first-order valence-electron chi connectivity index (χ1n) is 10.4. The molecule has 11 heteroatoms. The van der Waals surface area contributed by atoms with Crippen molar-refractivity contribution >= 4 is 29.6 Å². The van der Waals surface area contributed by atoms with Crippen LogP contribution in [0.25, 0.3) is 0 Å². The van der Waals surface area contributed by atoms with E-state index in [4.69, 9.17) is 9.47 Å². The molecule has 0 bridgehead atoms. The number of nitrogens with zero attached hydrogens (tertiary/aromatic N) is 4. The maximum Gasteiger partial charge on any atom is 0.420 e. The molecule has 0 aliphatic carbocycles. The Bertz CT molecular complexity index is 989.